The maximum Gasteiger partial charge on any atom is 0.255 e. The summed E-state index contributed by atoms with van der Waals surface area (Å²) in [5, 5.41) is 11.4. The Bertz CT molecular complexity index is 1080. The molecule has 4 rings (SSSR count). The molecule has 3 aromatic rings. The fourth-order valence-corrected chi connectivity index (χ4v) is 3.64. The zero-order valence-corrected chi connectivity index (χ0v) is 17.0. The number of pyridine rings is 1. The van der Waals surface area contributed by atoms with Gasteiger partial charge in [-0.1, -0.05) is 30.0 Å². The van der Waals surface area contributed by atoms with E-state index in [1.807, 2.05) is 37.4 Å². The second-order valence-corrected chi connectivity index (χ2v) is 7.15. The first-order valence-electron chi connectivity index (χ1n) is 8.95. The third-order valence-electron chi connectivity index (χ3n) is 4.62. The van der Waals surface area contributed by atoms with Crippen LogP contribution >= 0.6 is 11.8 Å². The number of carbonyl (C=O) groups excluding carboxylic acids is 1. The van der Waals surface area contributed by atoms with Crippen molar-refractivity contribution in [2.24, 2.45) is 0 Å². The van der Waals surface area contributed by atoms with Crippen LogP contribution in [0.3, 0.4) is 0 Å². The van der Waals surface area contributed by atoms with Gasteiger partial charge in [-0.3, -0.25) is 9.78 Å². The third-order valence-corrected chi connectivity index (χ3v) is 5.15. The molecule has 8 nitrogen and oxygen atoms in total. The predicted octanol–water partition coefficient (Wildman–Crippen LogP) is 3.33. The van der Waals surface area contributed by atoms with Gasteiger partial charge in [-0.05, 0) is 36.9 Å². The minimum Gasteiger partial charge on any atom is -0.495 e. The van der Waals surface area contributed by atoms with Gasteiger partial charge in [0, 0.05) is 18.1 Å². The van der Waals surface area contributed by atoms with Gasteiger partial charge >= 0.3 is 0 Å². The molecule has 1 aliphatic heterocycles. The van der Waals surface area contributed by atoms with Crippen molar-refractivity contribution in [3.05, 3.63) is 65.6 Å². The number of nitrogens with one attached hydrogen (secondary N) is 2. The van der Waals surface area contributed by atoms with Gasteiger partial charge < -0.3 is 15.4 Å². The average molecular weight is 408 g/mol. The Balaban J connectivity index is 1.78. The van der Waals surface area contributed by atoms with Gasteiger partial charge in [-0.15, -0.1) is 5.10 Å². The van der Waals surface area contributed by atoms with Crippen molar-refractivity contribution in [2.45, 2.75) is 18.1 Å². The number of hydrogen-bond acceptors (Lipinski definition) is 7. The molecule has 148 valence electrons. The minimum absolute atomic E-state index is 0.250. The first-order valence-corrected chi connectivity index (χ1v) is 10.2. The quantitative estimate of drug-likeness (QED) is 0.626. The van der Waals surface area contributed by atoms with Crippen molar-refractivity contribution < 1.29 is 9.53 Å². The number of benzene rings is 1. The number of aromatic nitrogens is 4. The number of anilines is 2. The number of rotatable bonds is 5. The van der Waals surface area contributed by atoms with Crippen LogP contribution in [0.5, 0.6) is 5.75 Å². The molecule has 1 aromatic carbocycles. The number of amides is 1. The minimum atomic E-state index is -0.456. The topological polar surface area (TPSA) is 94.0 Å². The van der Waals surface area contributed by atoms with Crippen LogP contribution in [0.25, 0.3) is 0 Å². The van der Waals surface area contributed by atoms with E-state index in [9.17, 15) is 4.79 Å². The molecule has 0 bridgehead atoms. The standard InChI is InChI=1S/C20H20N6O2S/c1-12-16(18(27)23-14-8-4-5-9-15(14)28-2)17(13-7-6-10-21-11-13)26-19(22-12)24-20(25-26)29-3/h4-11,17H,1-3H3,(H,23,27)(H,22,24,25)/t17-/m0/s1. The SMILES string of the molecule is COc1ccccc1NC(=O)C1=C(C)Nc2nc(SC)nn2[C@H]1c1cccnc1. The zero-order valence-electron chi connectivity index (χ0n) is 16.2. The Kier molecular flexibility index (Phi) is 5.22. The summed E-state index contributed by atoms with van der Waals surface area (Å²) in [5.41, 5.74) is 2.68. The number of para-hydroxylation sites is 2. The van der Waals surface area contributed by atoms with Gasteiger partial charge in [0.1, 0.15) is 11.8 Å². The summed E-state index contributed by atoms with van der Waals surface area (Å²) >= 11 is 1.44. The van der Waals surface area contributed by atoms with E-state index in [0.29, 0.717) is 33.8 Å². The molecular weight excluding hydrogens is 388 g/mol. The Morgan fingerprint density at radius 3 is 2.83 bits per heavy atom. The summed E-state index contributed by atoms with van der Waals surface area (Å²) in [6, 6.07) is 10.6. The van der Waals surface area contributed by atoms with E-state index in [2.05, 4.69) is 25.7 Å². The lowest BCUT2D eigenvalue weighted by atomic mass is 9.96. The first-order chi connectivity index (χ1) is 14.1. The normalized spacial score (nSPS) is 15.5. The smallest absolute Gasteiger partial charge is 0.255 e. The highest BCUT2D eigenvalue weighted by atomic mass is 32.2. The number of nitrogens with zero attached hydrogens (tertiary/aromatic N) is 4. The highest BCUT2D eigenvalue weighted by molar-refractivity contribution is 7.98. The maximum absolute atomic E-state index is 13.4. The molecule has 0 saturated carbocycles. The molecule has 0 saturated heterocycles. The Morgan fingerprint density at radius 2 is 2.10 bits per heavy atom. The maximum atomic E-state index is 13.4. The van der Waals surface area contributed by atoms with Crippen molar-refractivity contribution in [1.29, 1.82) is 0 Å². The number of ether oxygens (including phenoxy) is 1. The van der Waals surface area contributed by atoms with Crippen LogP contribution in [0.4, 0.5) is 11.6 Å². The van der Waals surface area contributed by atoms with E-state index < -0.39 is 6.04 Å². The van der Waals surface area contributed by atoms with Gasteiger partial charge in [-0.25, -0.2) is 4.68 Å². The van der Waals surface area contributed by atoms with Crippen LogP contribution in [-0.4, -0.2) is 39.0 Å². The highest BCUT2D eigenvalue weighted by Crippen LogP contribution is 2.36. The van der Waals surface area contributed by atoms with Crippen LogP contribution in [-0.2, 0) is 4.79 Å². The van der Waals surface area contributed by atoms with E-state index in [4.69, 9.17) is 4.74 Å². The Labute approximate surface area is 172 Å². The fraction of sp³-hybridized carbons (Fsp3) is 0.200. The number of hydrogen-bond donors (Lipinski definition) is 2. The molecule has 0 spiro atoms. The second kappa shape index (κ2) is 7.96. The summed E-state index contributed by atoms with van der Waals surface area (Å²) in [6.07, 6.45) is 5.35. The van der Waals surface area contributed by atoms with Gasteiger partial charge in [-0.2, -0.15) is 4.98 Å². The number of methoxy groups -OCH3 is 1. The summed E-state index contributed by atoms with van der Waals surface area (Å²) in [6.45, 7) is 1.86. The molecule has 1 atom stereocenters. The first kappa shape index (κ1) is 19.0. The Morgan fingerprint density at radius 1 is 1.28 bits per heavy atom. The van der Waals surface area contributed by atoms with Gasteiger partial charge in [0.15, 0.2) is 0 Å². The number of fused-ring (bicyclic) bond motifs is 1. The van der Waals surface area contributed by atoms with Crippen molar-refractivity contribution >= 4 is 29.3 Å². The fourth-order valence-electron chi connectivity index (χ4n) is 3.30. The highest BCUT2D eigenvalue weighted by Gasteiger charge is 2.34. The van der Waals surface area contributed by atoms with Crippen molar-refractivity contribution in [2.75, 3.05) is 24.0 Å². The molecule has 1 amide bonds. The van der Waals surface area contributed by atoms with E-state index >= 15 is 0 Å². The molecule has 2 aromatic heterocycles. The lowest BCUT2D eigenvalue weighted by molar-refractivity contribution is -0.113. The molecule has 2 N–H and O–H groups in total. The van der Waals surface area contributed by atoms with E-state index in [1.54, 1.807) is 36.3 Å². The molecule has 1 aliphatic rings. The lowest BCUT2D eigenvalue weighted by Crippen LogP contribution is -2.31. The molecule has 0 fully saturated rings. The molecule has 9 heteroatoms. The van der Waals surface area contributed by atoms with Crippen LogP contribution in [0.15, 0.2) is 65.2 Å². The van der Waals surface area contributed by atoms with Crippen molar-refractivity contribution in [3.63, 3.8) is 0 Å². The van der Waals surface area contributed by atoms with Gasteiger partial charge in [0.2, 0.25) is 11.1 Å². The largest absolute Gasteiger partial charge is 0.495 e. The van der Waals surface area contributed by atoms with Crippen molar-refractivity contribution in [1.82, 2.24) is 19.7 Å². The molecule has 29 heavy (non-hydrogen) atoms. The van der Waals surface area contributed by atoms with Crippen LogP contribution in [0.1, 0.15) is 18.5 Å². The summed E-state index contributed by atoms with van der Waals surface area (Å²) in [5.74, 6) is 0.932. The van der Waals surface area contributed by atoms with Crippen LogP contribution in [0.2, 0.25) is 0 Å². The number of carbonyl (C=O) groups is 1. The number of thioether (sulfide) groups is 1. The zero-order chi connectivity index (χ0) is 20.4. The molecule has 0 unspecified atom stereocenters. The summed E-state index contributed by atoms with van der Waals surface area (Å²) < 4.78 is 7.09. The van der Waals surface area contributed by atoms with Crippen molar-refractivity contribution in [3.8, 4) is 5.75 Å². The van der Waals surface area contributed by atoms with Gasteiger partial charge in [0.05, 0.1) is 18.4 Å². The monoisotopic (exact) mass is 408 g/mol. The van der Waals surface area contributed by atoms with E-state index in [0.717, 1.165) is 5.56 Å². The third kappa shape index (κ3) is 3.56. The Hall–Kier alpha value is -3.33. The molecule has 0 radical (unpaired) electrons. The average Bonchev–Trinajstić information content (AvgIpc) is 3.16. The second-order valence-electron chi connectivity index (χ2n) is 6.37. The molecule has 3 heterocycles. The number of allylic oxidation sites excluding steroid dienone is 1. The molecular formula is C20H20N6O2S. The lowest BCUT2D eigenvalue weighted by Gasteiger charge is -2.28. The van der Waals surface area contributed by atoms with E-state index in [1.165, 1.54) is 11.8 Å². The predicted molar refractivity (Wildman–Crippen MR) is 112 cm³/mol. The summed E-state index contributed by atoms with van der Waals surface area (Å²) in [7, 11) is 1.57. The van der Waals surface area contributed by atoms with E-state index in [-0.39, 0.29) is 5.91 Å². The summed E-state index contributed by atoms with van der Waals surface area (Å²) in [4.78, 5) is 22.1. The molecule has 0 aliphatic carbocycles. The van der Waals surface area contributed by atoms with Crippen LogP contribution in [0, 0.1) is 0 Å². The van der Waals surface area contributed by atoms with Crippen LogP contribution < -0.4 is 15.4 Å². The van der Waals surface area contributed by atoms with Gasteiger partial charge in [0.25, 0.3) is 5.91 Å².